The molecule has 0 fully saturated rings. The number of nitrogens with zero attached hydrogens (tertiary/aromatic N) is 3. The van der Waals surface area contributed by atoms with E-state index >= 15 is 0 Å². The van der Waals surface area contributed by atoms with Crippen LogP contribution in [0.1, 0.15) is 31.1 Å². The van der Waals surface area contributed by atoms with E-state index in [2.05, 4.69) is 52.6 Å². The van der Waals surface area contributed by atoms with Crippen LogP contribution in [0.2, 0.25) is 0 Å². The first-order chi connectivity index (χ1) is 9.80. The summed E-state index contributed by atoms with van der Waals surface area (Å²) in [5.74, 6) is 0. The fourth-order valence-electron chi connectivity index (χ4n) is 2.59. The number of nitrogens with two attached hydrogens (primary N) is 1. The van der Waals surface area contributed by atoms with E-state index in [0.717, 1.165) is 19.6 Å². The van der Waals surface area contributed by atoms with Crippen molar-refractivity contribution < 1.29 is 0 Å². The zero-order chi connectivity index (χ0) is 14.4. The first kappa shape index (κ1) is 14.8. The van der Waals surface area contributed by atoms with Crippen molar-refractivity contribution in [2.24, 2.45) is 5.73 Å². The van der Waals surface area contributed by atoms with E-state index in [4.69, 9.17) is 5.73 Å². The van der Waals surface area contributed by atoms with Gasteiger partial charge in [0.2, 0.25) is 0 Å². The van der Waals surface area contributed by atoms with Gasteiger partial charge in [-0.1, -0.05) is 37.3 Å². The van der Waals surface area contributed by atoms with Crippen molar-refractivity contribution in [2.45, 2.75) is 33.0 Å². The van der Waals surface area contributed by atoms with Crippen LogP contribution in [-0.4, -0.2) is 27.5 Å². The zero-order valence-electron chi connectivity index (χ0n) is 12.4. The van der Waals surface area contributed by atoms with Crippen LogP contribution >= 0.6 is 0 Å². The third-order valence-corrected chi connectivity index (χ3v) is 3.73. The molecule has 1 aromatic carbocycles. The lowest BCUT2D eigenvalue weighted by Crippen LogP contribution is -2.34. The monoisotopic (exact) mass is 272 g/mol. The fraction of sp³-hybridized carbons (Fsp3) is 0.438. The molecule has 1 unspecified atom stereocenters. The van der Waals surface area contributed by atoms with Crippen molar-refractivity contribution in [3.63, 3.8) is 0 Å². The molecule has 0 saturated carbocycles. The van der Waals surface area contributed by atoms with Crippen LogP contribution in [-0.2, 0) is 13.1 Å². The molecular weight excluding hydrogens is 248 g/mol. The van der Waals surface area contributed by atoms with E-state index < -0.39 is 0 Å². The van der Waals surface area contributed by atoms with Crippen molar-refractivity contribution in [1.29, 1.82) is 0 Å². The minimum Gasteiger partial charge on any atom is -0.333 e. The zero-order valence-corrected chi connectivity index (χ0v) is 12.4. The molecule has 0 saturated heterocycles. The maximum atomic E-state index is 6.03. The normalized spacial score (nSPS) is 12.8. The number of aryl methyl sites for hydroxylation is 1. The molecule has 0 spiro atoms. The molecule has 0 amide bonds. The van der Waals surface area contributed by atoms with Crippen molar-refractivity contribution in [2.75, 3.05) is 13.1 Å². The molecule has 20 heavy (non-hydrogen) atoms. The molecule has 4 nitrogen and oxygen atoms in total. The lowest BCUT2D eigenvalue weighted by molar-refractivity contribution is 0.196. The summed E-state index contributed by atoms with van der Waals surface area (Å²) in [6.45, 7) is 7.71. The predicted molar refractivity (Wildman–Crippen MR) is 82.2 cm³/mol. The Bertz CT molecular complexity index is 506. The third-order valence-electron chi connectivity index (χ3n) is 3.73. The second-order valence-electron chi connectivity index (χ2n) is 4.90. The predicted octanol–water partition coefficient (Wildman–Crippen LogP) is 2.42. The van der Waals surface area contributed by atoms with E-state index in [-0.39, 0.29) is 6.04 Å². The van der Waals surface area contributed by atoms with Crippen LogP contribution in [0.15, 0.2) is 42.9 Å². The van der Waals surface area contributed by atoms with Gasteiger partial charge < -0.3 is 10.3 Å². The molecule has 1 heterocycles. The van der Waals surface area contributed by atoms with Crippen molar-refractivity contribution in [1.82, 2.24) is 14.5 Å². The standard InChI is InChI=1S/C16H24N4/c1-3-19(12-14-8-6-5-7-9-14)15(10-17)16-11-18-13-20(16)4-2/h5-9,11,13,15H,3-4,10,12,17H2,1-2H3. The van der Waals surface area contributed by atoms with E-state index in [1.165, 1.54) is 11.3 Å². The number of hydrogen-bond acceptors (Lipinski definition) is 3. The van der Waals surface area contributed by atoms with Crippen LogP contribution in [0.3, 0.4) is 0 Å². The summed E-state index contributed by atoms with van der Waals surface area (Å²) >= 11 is 0. The number of aromatic nitrogens is 2. The van der Waals surface area contributed by atoms with E-state index in [1.807, 2.05) is 18.6 Å². The number of rotatable bonds is 7. The van der Waals surface area contributed by atoms with Gasteiger partial charge in [0.15, 0.2) is 0 Å². The molecule has 108 valence electrons. The van der Waals surface area contributed by atoms with Crippen molar-refractivity contribution in [3.8, 4) is 0 Å². The average Bonchev–Trinajstić information content (AvgIpc) is 2.96. The molecule has 1 aromatic heterocycles. The summed E-state index contributed by atoms with van der Waals surface area (Å²) in [6, 6.07) is 10.7. The summed E-state index contributed by atoms with van der Waals surface area (Å²) in [5, 5.41) is 0. The van der Waals surface area contributed by atoms with E-state index in [0.29, 0.717) is 6.54 Å². The second kappa shape index (κ2) is 7.22. The van der Waals surface area contributed by atoms with Gasteiger partial charge >= 0.3 is 0 Å². The maximum Gasteiger partial charge on any atom is 0.0948 e. The SMILES string of the molecule is CCN(Cc1ccccc1)C(CN)c1cncn1CC. The van der Waals surface area contributed by atoms with Crippen molar-refractivity contribution in [3.05, 3.63) is 54.1 Å². The Balaban J connectivity index is 2.19. The molecule has 0 radical (unpaired) electrons. The second-order valence-corrected chi connectivity index (χ2v) is 4.90. The molecule has 0 aliphatic rings. The van der Waals surface area contributed by atoms with Gasteiger partial charge in [-0.2, -0.15) is 0 Å². The van der Waals surface area contributed by atoms with E-state index in [1.54, 1.807) is 0 Å². The van der Waals surface area contributed by atoms with Crippen LogP contribution in [0, 0.1) is 0 Å². The van der Waals surface area contributed by atoms with Gasteiger partial charge in [-0.15, -0.1) is 0 Å². The summed E-state index contributed by atoms with van der Waals surface area (Å²) in [4.78, 5) is 6.67. The van der Waals surface area contributed by atoms with Gasteiger partial charge in [0, 0.05) is 25.8 Å². The van der Waals surface area contributed by atoms with Crippen LogP contribution < -0.4 is 5.73 Å². The number of imidazole rings is 1. The highest BCUT2D eigenvalue weighted by Crippen LogP contribution is 2.21. The molecule has 2 N–H and O–H groups in total. The van der Waals surface area contributed by atoms with Crippen LogP contribution in [0.4, 0.5) is 0 Å². The molecule has 1 atom stereocenters. The Morgan fingerprint density at radius 3 is 2.60 bits per heavy atom. The van der Waals surface area contributed by atoms with Gasteiger partial charge in [0.25, 0.3) is 0 Å². The molecule has 0 aliphatic heterocycles. The minimum atomic E-state index is 0.211. The highest BCUT2D eigenvalue weighted by atomic mass is 15.2. The summed E-state index contributed by atoms with van der Waals surface area (Å²) < 4.78 is 2.17. The average molecular weight is 272 g/mol. The lowest BCUT2D eigenvalue weighted by atomic mass is 10.1. The largest absolute Gasteiger partial charge is 0.333 e. The molecule has 0 bridgehead atoms. The summed E-state index contributed by atoms with van der Waals surface area (Å²) in [6.07, 6.45) is 3.82. The number of benzene rings is 1. The van der Waals surface area contributed by atoms with Crippen LogP contribution in [0.25, 0.3) is 0 Å². The highest BCUT2D eigenvalue weighted by Gasteiger charge is 2.21. The number of likely N-dealkylation sites (N-methyl/N-ethyl adjacent to an activating group) is 1. The smallest absolute Gasteiger partial charge is 0.0948 e. The highest BCUT2D eigenvalue weighted by molar-refractivity contribution is 5.15. The van der Waals surface area contributed by atoms with Gasteiger partial charge in [0.05, 0.1) is 18.1 Å². The maximum absolute atomic E-state index is 6.03. The Morgan fingerprint density at radius 2 is 2.00 bits per heavy atom. The molecule has 2 rings (SSSR count). The first-order valence-corrected chi connectivity index (χ1v) is 7.28. The Hall–Kier alpha value is -1.65. The topological polar surface area (TPSA) is 47.1 Å². The minimum absolute atomic E-state index is 0.211. The fourth-order valence-corrected chi connectivity index (χ4v) is 2.59. The lowest BCUT2D eigenvalue weighted by Gasteiger charge is -2.30. The summed E-state index contributed by atoms with van der Waals surface area (Å²) in [5.41, 5.74) is 8.55. The molecule has 0 aliphatic carbocycles. The quantitative estimate of drug-likeness (QED) is 0.842. The van der Waals surface area contributed by atoms with Gasteiger partial charge in [0.1, 0.15) is 0 Å². The van der Waals surface area contributed by atoms with Gasteiger partial charge in [-0.3, -0.25) is 4.90 Å². The van der Waals surface area contributed by atoms with Crippen LogP contribution in [0.5, 0.6) is 0 Å². The Morgan fingerprint density at radius 1 is 1.25 bits per heavy atom. The Labute approximate surface area is 121 Å². The molecule has 4 heteroatoms. The Kier molecular flexibility index (Phi) is 5.32. The third kappa shape index (κ3) is 3.26. The van der Waals surface area contributed by atoms with E-state index in [9.17, 15) is 0 Å². The number of hydrogen-bond donors (Lipinski definition) is 1. The summed E-state index contributed by atoms with van der Waals surface area (Å²) in [7, 11) is 0. The van der Waals surface area contributed by atoms with Crippen molar-refractivity contribution >= 4 is 0 Å². The first-order valence-electron chi connectivity index (χ1n) is 7.28. The molecular formula is C16H24N4. The molecule has 2 aromatic rings. The van der Waals surface area contributed by atoms with Gasteiger partial charge in [-0.05, 0) is 19.0 Å². The van der Waals surface area contributed by atoms with Gasteiger partial charge in [-0.25, -0.2) is 4.98 Å².